The van der Waals surface area contributed by atoms with Gasteiger partial charge in [0.25, 0.3) is 0 Å². The number of hydrogen-bond acceptors (Lipinski definition) is 5. The van der Waals surface area contributed by atoms with E-state index in [1.54, 1.807) is 6.08 Å². The molecule has 1 aromatic rings. The van der Waals surface area contributed by atoms with E-state index in [1.807, 2.05) is 52.0 Å². The molecule has 1 aromatic carbocycles. The zero-order valence-corrected chi connectivity index (χ0v) is 16.1. The van der Waals surface area contributed by atoms with Crippen LogP contribution in [0.3, 0.4) is 0 Å². The molecule has 144 valence electrons. The molecule has 26 heavy (non-hydrogen) atoms. The van der Waals surface area contributed by atoms with Crippen LogP contribution in [0.1, 0.15) is 39.4 Å². The topological polar surface area (TPSA) is 46.2 Å². The molecule has 0 spiro atoms. The van der Waals surface area contributed by atoms with Gasteiger partial charge < -0.3 is 23.7 Å². The van der Waals surface area contributed by atoms with Crippen LogP contribution in [0.2, 0.25) is 0 Å². The summed E-state index contributed by atoms with van der Waals surface area (Å²) in [4.78, 5) is 0. The van der Waals surface area contributed by atoms with Gasteiger partial charge in [-0.1, -0.05) is 30.9 Å². The van der Waals surface area contributed by atoms with Gasteiger partial charge in [0, 0.05) is 5.56 Å². The third-order valence-corrected chi connectivity index (χ3v) is 4.66. The van der Waals surface area contributed by atoms with Gasteiger partial charge in [-0.3, -0.25) is 0 Å². The average Bonchev–Trinajstić information content (AvgIpc) is 3.10. The van der Waals surface area contributed by atoms with Crippen LogP contribution in [0, 0.1) is 0 Å². The minimum absolute atomic E-state index is 0.0808. The highest BCUT2D eigenvalue weighted by molar-refractivity contribution is 5.38. The van der Waals surface area contributed by atoms with Crippen LogP contribution >= 0.6 is 0 Å². The zero-order valence-electron chi connectivity index (χ0n) is 16.1. The van der Waals surface area contributed by atoms with Crippen LogP contribution in [0.25, 0.3) is 0 Å². The van der Waals surface area contributed by atoms with E-state index in [-0.39, 0.29) is 30.5 Å². The first-order chi connectivity index (χ1) is 12.5. The summed E-state index contributed by atoms with van der Waals surface area (Å²) in [6.45, 7) is 13.2. The molecule has 2 bridgehead atoms. The van der Waals surface area contributed by atoms with Crippen molar-refractivity contribution in [1.29, 1.82) is 0 Å². The van der Waals surface area contributed by atoms with Gasteiger partial charge in [0.2, 0.25) is 0 Å². The summed E-state index contributed by atoms with van der Waals surface area (Å²) in [7, 11) is 0. The highest BCUT2D eigenvalue weighted by Gasteiger charge is 2.63. The molecule has 5 heteroatoms. The second kappa shape index (κ2) is 8.09. The minimum Gasteiger partial charge on any atom is -0.489 e. The number of para-hydroxylation sites is 1. The van der Waals surface area contributed by atoms with E-state index in [9.17, 15) is 0 Å². The van der Waals surface area contributed by atoms with Gasteiger partial charge in [0.15, 0.2) is 0 Å². The molecule has 3 rings (SSSR count). The van der Waals surface area contributed by atoms with Crippen molar-refractivity contribution in [1.82, 2.24) is 0 Å². The Hall–Kier alpha value is -1.40. The maximum absolute atomic E-state index is 6.54. The van der Waals surface area contributed by atoms with Crippen LogP contribution in [0.5, 0.6) is 5.75 Å². The Morgan fingerprint density at radius 3 is 2.69 bits per heavy atom. The van der Waals surface area contributed by atoms with Gasteiger partial charge in [-0.05, 0) is 33.8 Å². The van der Waals surface area contributed by atoms with Gasteiger partial charge in [0.1, 0.15) is 36.3 Å². The van der Waals surface area contributed by atoms with Gasteiger partial charge in [0.05, 0.1) is 25.4 Å². The third-order valence-electron chi connectivity index (χ3n) is 4.66. The van der Waals surface area contributed by atoms with Crippen LogP contribution in [-0.4, -0.2) is 49.8 Å². The Kier molecular flexibility index (Phi) is 6.03. The molecular formula is C21H30O5. The summed E-state index contributed by atoms with van der Waals surface area (Å²) in [6.07, 6.45) is 1.34. The van der Waals surface area contributed by atoms with Crippen molar-refractivity contribution in [3.05, 3.63) is 42.5 Å². The smallest absolute Gasteiger partial charge is 0.144 e. The number of ether oxygens (including phenoxy) is 5. The summed E-state index contributed by atoms with van der Waals surface area (Å²) in [5.74, 6) is 0.789. The van der Waals surface area contributed by atoms with Crippen molar-refractivity contribution in [3.8, 4) is 5.75 Å². The fourth-order valence-electron chi connectivity index (χ4n) is 3.57. The molecule has 0 amide bonds. The molecule has 5 nitrogen and oxygen atoms in total. The minimum atomic E-state index is -0.588. The zero-order chi connectivity index (χ0) is 18.7. The van der Waals surface area contributed by atoms with Crippen molar-refractivity contribution in [2.45, 2.75) is 63.8 Å². The van der Waals surface area contributed by atoms with E-state index in [1.165, 1.54) is 0 Å². The van der Waals surface area contributed by atoms with Crippen LogP contribution in [0.15, 0.2) is 36.9 Å². The third kappa shape index (κ3) is 3.81. The van der Waals surface area contributed by atoms with Gasteiger partial charge >= 0.3 is 0 Å². The first kappa shape index (κ1) is 19.4. The van der Waals surface area contributed by atoms with E-state index in [2.05, 4.69) is 6.58 Å². The van der Waals surface area contributed by atoms with E-state index in [0.717, 1.165) is 11.3 Å². The lowest BCUT2D eigenvalue weighted by atomic mass is 9.96. The molecule has 2 aliphatic heterocycles. The molecule has 2 heterocycles. The van der Waals surface area contributed by atoms with Gasteiger partial charge in [-0.2, -0.15) is 0 Å². The average molecular weight is 362 g/mol. The van der Waals surface area contributed by atoms with Gasteiger partial charge in [-0.15, -0.1) is 0 Å². The van der Waals surface area contributed by atoms with Crippen molar-refractivity contribution in [3.63, 3.8) is 0 Å². The number of benzene rings is 1. The summed E-state index contributed by atoms with van der Waals surface area (Å²) >= 11 is 0. The Morgan fingerprint density at radius 2 is 2.00 bits per heavy atom. The first-order valence-electron chi connectivity index (χ1n) is 9.36. The second-order valence-corrected chi connectivity index (χ2v) is 7.48. The summed E-state index contributed by atoms with van der Waals surface area (Å²) in [6, 6.07) is 7.91. The van der Waals surface area contributed by atoms with Crippen molar-refractivity contribution < 1.29 is 23.7 Å². The number of rotatable bonds is 9. The van der Waals surface area contributed by atoms with E-state index < -0.39 is 5.60 Å². The lowest BCUT2D eigenvalue weighted by Crippen LogP contribution is -2.47. The van der Waals surface area contributed by atoms with E-state index >= 15 is 0 Å². The normalized spacial score (nSPS) is 30.3. The van der Waals surface area contributed by atoms with Crippen LogP contribution in [0.4, 0.5) is 0 Å². The molecule has 2 saturated heterocycles. The Balaban J connectivity index is 1.88. The largest absolute Gasteiger partial charge is 0.489 e. The molecule has 0 radical (unpaired) electrons. The predicted octanol–water partition coefficient (Wildman–Crippen LogP) is 3.68. The lowest BCUT2D eigenvalue weighted by molar-refractivity contribution is -0.181. The highest BCUT2D eigenvalue weighted by Crippen LogP contribution is 2.50. The molecule has 0 N–H and O–H groups in total. The Bertz CT molecular complexity index is 614. The Morgan fingerprint density at radius 1 is 1.23 bits per heavy atom. The van der Waals surface area contributed by atoms with Crippen molar-refractivity contribution >= 4 is 0 Å². The molecule has 1 unspecified atom stereocenters. The first-order valence-corrected chi connectivity index (χ1v) is 9.36. The second-order valence-electron chi connectivity index (χ2n) is 7.48. The number of hydrogen-bond donors (Lipinski definition) is 0. The summed E-state index contributed by atoms with van der Waals surface area (Å²) < 4.78 is 30.6. The van der Waals surface area contributed by atoms with E-state index in [4.69, 9.17) is 23.7 Å². The molecule has 0 aromatic heterocycles. The lowest BCUT2D eigenvalue weighted by Gasteiger charge is -2.32. The highest BCUT2D eigenvalue weighted by atomic mass is 16.7. The summed E-state index contributed by atoms with van der Waals surface area (Å²) in [5, 5.41) is 0. The predicted molar refractivity (Wildman–Crippen MR) is 99.5 cm³/mol. The van der Waals surface area contributed by atoms with Crippen molar-refractivity contribution in [2.24, 2.45) is 0 Å². The molecule has 0 aliphatic carbocycles. The monoisotopic (exact) mass is 362 g/mol. The van der Waals surface area contributed by atoms with Crippen LogP contribution in [-0.2, 0) is 18.9 Å². The van der Waals surface area contributed by atoms with E-state index in [0.29, 0.717) is 19.8 Å². The molecular weight excluding hydrogens is 332 g/mol. The molecule has 0 saturated carbocycles. The molecule has 4 atom stereocenters. The fourth-order valence-corrected chi connectivity index (χ4v) is 3.57. The van der Waals surface area contributed by atoms with Crippen LogP contribution < -0.4 is 4.74 Å². The SMILES string of the molecule is C=CCOc1ccccc1[C@@H]1O[C@@]2(COC(C)C)CO[C@H]1C2OC(C)C. The molecule has 2 fully saturated rings. The standard InChI is InChI=1S/C21H30O5/c1-6-11-22-17-10-8-7-9-16(17)18-19-20(25-15(4)5)21(26-18,13-24-19)12-23-14(2)3/h6-10,14-15,18-20H,1,11-13H2,2-5H3/t18-,19+,20?,21-/m0/s1. The molecule has 2 aliphatic rings. The maximum Gasteiger partial charge on any atom is 0.144 e. The van der Waals surface area contributed by atoms with Gasteiger partial charge in [-0.25, -0.2) is 0 Å². The quantitative estimate of drug-likeness (QED) is 0.627. The summed E-state index contributed by atoms with van der Waals surface area (Å²) in [5.41, 5.74) is 0.387. The fraction of sp³-hybridized carbons (Fsp3) is 0.619. The van der Waals surface area contributed by atoms with Crippen molar-refractivity contribution in [2.75, 3.05) is 19.8 Å². The Labute approximate surface area is 156 Å². The maximum atomic E-state index is 6.54. The number of fused-ring (bicyclic) bond motifs is 2.